The Morgan fingerprint density at radius 3 is 2.60 bits per heavy atom. The van der Waals surface area contributed by atoms with Crippen molar-refractivity contribution in [2.45, 2.75) is 32.2 Å². The Balaban J connectivity index is 0.00000417. The Labute approximate surface area is 263 Å². The highest BCUT2D eigenvalue weighted by molar-refractivity contribution is 5.94. The number of para-hydroxylation sites is 1. The molecule has 1 atom stereocenters. The average Bonchev–Trinajstić information content (AvgIpc) is 3.46. The van der Waals surface area contributed by atoms with E-state index in [0.717, 1.165) is 53.8 Å². The van der Waals surface area contributed by atoms with Crippen LogP contribution in [0.5, 0.6) is 0 Å². The van der Waals surface area contributed by atoms with E-state index in [2.05, 4.69) is 27.2 Å². The predicted octanol–water partition coefficient (Wildman–Crippen LogP) is 4.24. The normalized spacial score (nSPS) is 13.8. The smallest absolute Gasteiger partial charge is 0.251 e. The molecule has 3 aromatic heterocycles. The molecule has 0 bridgehead atoms. The number of imidazole rings is 1. The number of fused-ring (bicyclic) bond motifs is 2. The summed E-state index contributed by atoms with van der Waals surface area (Å²) in [6.07, 6.45) is 3.91. The number of anilines is 1. The minimum atomic E-state index is -0.439. The third-order valence-corrected chi connectivity index (χ3v) is 7.93. The van der Waals surface area contributed by atoms with Gasteiger partial charge in [-0.25, -0.2) is 14.5 Å². The van der Waals surface area contributed by atoms with Crippen LogP contribution in [0, 0.1) is 11.8 Å². The molecule has 3 N–H and O–H groups in total. The lowest BCUT2D eigenvalue weighted by Gasteiger charge is -2.28. The molecule has 0 radical (unpaired) electrons. The van der Waals surface area contributed by atoms with Gasteiger partial charge in [0, 0.05) is 37.6 Å². The van der Waals surface area contributed by atoms with E-state index in [4.69, 9.17) is 20.4 Å². The molecule has 6 rings (SSSR count). The highest BCUT2D eigenvalue weighted by atomic mass is 16.5. The van der Waals surface area contributed by atoms with E-state index < -0.39 is 6.04 Å². The number of carbonyl (C=O) groups is 2. The molecule has 2 aromatic carbocycles. The number of aromatic nitrogens is 4. The van der Waals surface area contributed by atoms with Gasteiger partial charge in [0.25, 0.3) is 5.91 Å². The van der Waals surface area contributed by atoms with Crippen LogP contribution in [0.1, 0.15) is 49.4 Å². The molecule has 1 saturated heterocycles. The van der Waals surface area contributed by atoms with E-state index in [1.165, 1.54) is 6.92 Å². The summed E-state index contributed by atoms with van der Waals surface area (Å²) in [4.78, 5) is 36.1. The molecule has 10 nitrogen and oxygen atoms in total. The van der Waals surface area contributed by atoms with Gasteiger partial charge in [-0.1, -0.05) is 36.4 Å². The number of hydrogen-bond donors (Lipinski definition) is 2. The summed E-state index contributed by atoms with van der Waals surface area (Å²) in [5.74, 6) is 6.30. The number of morpholine rings is 1. The standard InChI is InChI=1S/C35H35N7O3.H2/c1-24(43)29(36)7-4-5-18-37-35(44)27-11-9-26(10-12-27)33-31(16-15-28-14-13-25-6-2-3-8-30(25)39-28)40-34-32(17-19-38-42(33)34)41-20-22-45-23-21-41;/h2-3,6,8-14,17,19,29H,4-5,7,18,20-23,36H2,1H3,(H,37,44);1H/t29-;/m0./s1. The number of nitrogens with zero attached hydrogens (tertiary/aromatic N) is 5. The van der Waals surface area contributed by atoms with Crippen LogP contribution < -0.4 is 16.0 Å². The molecule has 10 heteroatoms. The van der Waals surface area contributed by atoms with Crippen molar-refractivity contribution in [2.75, 3.05) is 37.7 Å². The molecule has 5 aromatic rings. The summed E-state index contributed by atoms with van der Waals surface area (Å²) >= 11 is 0. The van der Waals surface area contributed by atoms with Gasteiger partial charge in [-0.05, 0) is 68.4 Å². The van der Waals surface area contributed by atoms with Crippen LogP contribution in [-0.2, 0) is 9.53 Å². The third kappa shape index (κ3) is 6.85. The molecule has 0 saturated carbocycles. The Morgan fingerprint density at radius 2 is 1.80 bits per heavy atom. The highest BCUT2D eigenvalue weighted by Crippen LogP contribution is 2.29. The monoisotopic (exact) mass is 603 g/mol. The van der Waals surface area contributed by atoms with Crippen LogP contribution in [0.15, 0.2) is 72.9 Å². The lowest BCUT2D eigenvalue weighted by Crippen LogP contribution is -2.36. The van der Waals surface area contributed by atoms with E-state index in [1.807, 2.05) is 59.1 Å². The van der Waals surface area contributed by atoms with Crippen LogP contribution in [0.4, 0.5) is 5.69 Å². The second kappa shape index (κ2) is 13.7. The van der Waals surface area contributed by atoms with Crippen molar-refractivity contribution in [3.05, 3.63) is 89.9 Å². The predicted molar refractivity (Wildman–Crippen MR) is 176 cm³/mol. The molecule has 1 aliphatic heterocycles. The molecule has 1 amide bonds. The van der Waals surface area contributed by atoms with E-state index in [-0.39, 0.29) is 13.1 Å². The van der Waals surface area contributed by atoms with Crippen molar-refractivity contribution >= 4 is 33.9 Å². The van der Waals surface area contributed by atoms with Crippen LogP contribution in [-0.4, -0.2) is 70.2 Å². The Kier molecular flexibility index (Phi) is 9.10. The van der Waals surface area contributed by atoms with Crippen LogP contribution in [0.25, 0.3) is 27.8 Å². The Hall–Kier alpha value is -5.11. The Bertz CT molecular complexity index is 1910. The number of hydrogen-bond acceptors (Lipinski definition) is 8. The number of ketones is 1. The largest absolute Gasteiger partial charge is 0.378 e. The molecule has 1 aliphatic rings. The highest BCUT2D eigenvalue weighted by Gasteiger charge is 2.21. The van der Waals surface area contributed by atoms with Crippen molar-refractivity contribution in [3.8, 4) is 23.1 Å². The zero-order valence-corrected chi connectivity index (χ0v) is 25.2. The third-order valence-electron chi connectivity index (χ3n) is 7.93. The van der Waals surface area contributed by atoms with Crippen molar-refractivity contribution in [1.82, 2.24) is 24.9 Å². The van der Waals surface area contributed by atoms with Crippen molar-refractivity contribution in [3.63, 3.8) is 0 Å². The number of ether oxygens (including phenoxy) is 1. The first-order valence-electron chi connectivity index (χ1n) is 15.2. The van der Waals surface area contributed by atoms with Gasteiger partial charge in [0.05, 0.1) is 36.7 Å². The van der Waals surface area contributed by atoms with E-state index in [9.17, 15) is 9.59 Å². The molecule has 1 fully saturated rings. The maximum atomic E-state index is 12.8. The fourth-order valence-electron chi connectivity index (χ4n) is 5.37. The van der Waals surface area contributed by atoms with Gasteiger partial charge in [-0.3, -0.25) is 9.59 Å². The van der Waals surface area contributed by atoms with E-state index in [0.29, 0.717) is 48.8 Å². The van der Waals surface area contributed by atoms with E-state index >= 15 is 0 Å². The number of rotatable bonds is 9. The van der Waals surface area contributed by atoms with Crippen LogP contribution >= 0.6 is 0 Å². The van der Waals surface area contributed by atoms with Crippen LogP contribution in [0.2, 0.25) is 0 Å². The molecular weight excluding hydrogens is 566 g/mol. The second-order valence-electron chi connectivity index (χ2n) is 11.0. The first kappa shape index (κ1) is 29.9. The number of nitrogens with two attached hydrogens (primary N) is 1. The zero-order valence-electron chi connectivity index (χ0n) is 25.2. The average molecular weight is 604 g/mol. The minimum absolute atomic E-state index is 0. The quantitative estimate of drug-likeness (QED) is 0.189. The molecule has 0 unspecified atom stereocenters. The maximum Gasteiger partial charge on any atom is 0.251 e. The number of carbonyl (C=O) groups excluding carboxylic acids is 2. The van der Waals surface area contributed by atoms with Gasteiger partial charge in [0.2, 0.25) is 0 Å². The molecule has 4 heterocycles. The first-order chi connectivity index (χ1) is 22.0. The number of Topliss-reactive ketones (excluding diaryl/α,β-unsaturated/α-hetero) is 1. The Morgan fingerprint density at radius 1 is 1.00 bits per heavy atom. The number of benzene rings is 2. The van der Waals surface area contributed by atoms with Gasteiger partial charge >= 0.3 is 0 Å². The van der Waals surface area contributed by atoms with Gasteiger partial charge in [0.15, 0.2) is 5.65 Å². The molecule has 230 valence electrons. The number of unbranched alkanes of at least 4 members (excludes halogenated alkanes) is 1. The zero-order chi connectivity index (χ0) is 31.2. The summed E-state index contributed by atoms with van der Waals surface area (Å²) in [5.41, 5.74) is 11.7. The molecule has 45 heavy (non-hydrogen) atoms. The molecule has 0 aliphatic carbocycles. The fourth-order valence-corrected chi connectivity index (χ4v) is 5.37. The number of nitrogens with one attached hydrogen (secondary N) is 1. The van der Waals surface area contributed by atoms with E-state index in [1.54, 1.807) is 18.3 Å². The topological polar surface area (TPSA) is 128 Å². The summed E-state index contributed by atoms with van der Waals surface area (Å²) in [7, 11) is 0. The number of amides is 1. The molecular formula is C35H37N7O3. The maximum absolute atomic E-state index is 12.8. The summed E-state index contributed by atoms with van der Waals surface area (Å²) in [6.45, 7) is 4.83. The summed E-state index contributed by atoms with van der Waals surface area (Å²) < 4.78 is 7.39. The van der Waals surface area contributed by atoms with Gasteiger partial charge in [-0.2, -0.15) is 5.10 Å². The van der Waals surface area contributed by atoms with Crippen LogP contribution in [0.3, 0.4) is 0 Å². The lowest BCUT2D eigenvalue weighted by atomic mass is 10.1. The van der Waals surface area contributed by atoms with Gasteiger partial charge < -0.3 is 20.7 Å². The lowest BCUT2D eigenvalue weighted by molar-refractivity contribution is -0.118. The fraction of sp³-hybridized carbons (Fsp3) is 0.286. The van der Waals surface area contributed by atoms with Crippen molar-refractivity contribution < 1.29 is 15.8 Å². The van der Waals surface area contributed by atoms with Crippen molar-refractivity contribution in [2.24, 2.45) is 5.73 Å². The SMILES string of the molecule is CC(=O)[C@@H](N)CCCCNC(=O)c1ccc(-c2c(C#Cc3ccc4ccccc4n3)nc3c(N4CCOCC4)ccnn23)cc1.[HH]. The van der Waals surface area contributed by atoms with Gasteiger partial charge in [0.1, 0.15) is 22.9 Å². The summed E-state index contributed by atoms with van der Waals surface area (Å²) in [5, 5.41) is 8.68. The number of pyridine rings is 1. The second-order valence-corrected chi connectivity index (χ2v) is 11.0. The minimum Gasteiger partial charge on any atom is -0.378 e. The van der Waals surface area contributed by atoms with Gasteiger partial charge in [-0.15, -0.1) is 0 Å². The van der Waals surface area contributed by atoms with Crippen molar-refractivity contribution in [1.29, 1.82) is 0 Å². The first-order valence-corrected chi connectivity index (χ1v) is 15.2. The molecule has 0 spiro atoms. The summed E-state index contributed by atoms with van der Waals surface area (Å²) in [6, 6.07) is 20.8.